The molecular formula is C39H41FIrN2OSi-2. The van der Waals surface area contributed by atoms with Crippen molar-refractivity contribution in [3.63, 3.8) is 0 Å². The maximum absolute atomic E-state index is 14.5. The van der Waals surface area contributed by atoms with Gasteiger partial charge < -0.3 is 14.4 Å². The summed E-state index contributed by atoms with van der Waals surface area (Å²) in [5.41, 5.74) is 6.08. The summed E-state index contributed by atoms with van der Waals surface area (Å²) in [5.74, 6) is -0.783. The van der Waals surface area contributed by atoms with Gasteiger partial charge in [0.05, 0.1) is 13.7 Å². The normalized spacial score (nSPS) is 13.4. The van der Waals surface area contributed by atoms with Crippen molar-refractivity contribution in [2.75, 3.05) is 0 Å². The molecule has 3 heterocycles. The third-order valence-corrected chi connectivity index (χ3v) is 9.57. The van der Waals surface area contributed by atoms with Crippen molar-refractivity contribution in [2.24, 2.45) is 5.92 Å². The van der Waals surface area contributed by atoms with Crippen LogP contribution < -0.4 is 5.19 Å². The number of benzene rings is 3. The van der Waals surface area contributed by atoms with Gasteiger partial charge in [-0.1, -0.05) is 112 Å². The maximum Gasteiger partial charge on any atom is 0.120 e. The molecule has 0 atom stereocenters. The molecule has 0 bridgehead atoms. The first-order chi connectivity index (χ1) is 22.4. The van der Waals surface area contributed by atoms with Gasteiger partial charge in [-0.3, -0.25) is 4.39 Å². The van der Waals surface area contributed by atoms with Crippen molar-refractivity contribution in [3.05, 3.63) is 114 Å². The fourth-order valence-corrected chi connectivity index (χ4v) is 6.93. The number of hydrogen-bond acceptors (Lipinski definition) is 3. The standard InChI is InChI=1S/C20H16NO.C19H25FNSi.Ir/c1-13(2)14-10-11-21-18(12-14)17-8-5-7-16-15-6-3-4-9-19(15)22-20(16)17;1-13(2)9-15-11-18(21-12-19(15)22(4,5)6)16-8-7-14(3)10-17(16)20;/h3-7,9-13H,1-2H3;7,10-13H,9H2,1-6H3;/q2*-1;/i13D;3D3;. The Morgan fingerprint density at radius 1 is 0.933 bits per heavy atom. The van der Waals surface area contributed by atoms with Crippen LogP contribution in [0.15, 0.2) is 83.5 Å². The summed E-state index contributed by atoms with van der Waals surface area (Å²) < 4.78 is 50.9. The Balaban J connectivity index is 0.000000217. The van der Waals surface area contributed by atoms with Gasteiger partial charge in [-0.2, -0.15) is 0 Å². The van der Waals surface area contributed by atoms with E-state index in [4.69, 9.17) is 9.90 Å². The van der Waals surface area contributed by atoms with Crippen molar-refractivity contribution < 1.29 is 34.4 Å². The fraction of sp³-hybridized carbons (Fsp3) is 0.282. The van der Waals surface area contributed by atoms with E-state index in [1.54, 1.807) is 6.20 Å². The van der Waals surface area contributed by atoms with Gasteiger partial charge in [-0.15, -0.1) is 42.0 Å². The monoisotopic (exact) mass is 797 g/mol. The maximum atomic E-state index is 14.5. The number of aromatic nitrogens is 2. The average Bonchev–Trinajstić information content (AvgIpc) is 3.39. The van der Waals surface area contributed by atoms with Crippen LogP contribution in [-0.4, -0.2) is 18.0 Å². The number of fused-ring (bicyclic) bond motifs is 3. The van der Waals surface area contributed by atoms with Crippen LogP contribution >= 0.6 is 0 Å². The van der Waals surface area contributed by atoms with E-state index in [1.807, 2.05) is 68.6 Å². The molecule has 0 aliphatic carbocycles. The van der Waals surface area contributed by atoms with E-state index in [-0.39, 0.29) is 31.2 Å². The van der Waals surface area contributed by atoms with E-state index in [0.29, 0.717) is 11.6 Å². The van der Waals surface area contributed by atoms with Crippen LogP contribution in [0.4, 0.5) is 4.39 Å². The molecule has 45 heavy (non-hydrogen) atoms. The van der Waals surface area contributed by atoms with Crippen molar-refractivity contribution in [2.45, 2.75) is 66.5 Å². The largest absolute Gasteiger partial charge is 0.501 e. The first-order valence-corrected chi connectivity index (χ1v) is 18.4. The smallest absolute Gasteiger partial charge is 0.120 e. The van der Waals surface area contributed by atoms with E-state index < -0.39 is 26.6 Å². The molecule has 235 valence electrons. The van der Waals surface area contributed by atoms with Crippen molar-refractivity contribution >= 4 is 35.2 Å². The zero-order valence-electron chi connectivity index (χ0n) is 30.8. The third-order valence-electron chi connectivity index (χ3n) is 7.51. The van der Waals surface area contributed by atoms with Crippen LogP contribution in [0.2, 0.25) is 19.6 Å². The second-order valence-electron chi connectivity index (χ2n) is 12.8. The molecule has 0 unspecified atom stereocenters. The number of aryl methyl sites for hydroxylation is 1. The van der Waals surface area contributed by atoms with Crippen LogP contribution in [0.5, 0.6) is 0 Å². The molecule has 6 aromatic rings. The molecule has 0 saturated carbocycles. The zero-order chi connectivity index (χ0) is 35.0. The summed E-state index contributed by atoms with van der Waals surface area (Å²) in [4.78, 5) is 8.93. The van der Waals surface area contributed by atoms with E-state index in [0.717, 1.165) is 51.2 Å². The minimum absolute atomic E-state index is 0. The Kier molecular flexibility index (Phi) is 9.23. The van der Waals surface area contributed by atoms with Gasteiger partial charge in [-0.05, 0) is 46.9 Å². The molecule has 6 rings (SSSR count). The molecule has 3 aromatic carbocycles. The van der Waals surface area contributed by atoms with Crippen LogP contribution in [0.1, 0.15) is 55.8 Å². The molecule has 0 saturated heterocycles. The number of pyridine rings is 2. The molecule has 0 amide bonds. The number of halogens is 1. The summed E-state index contributed by atoms with van der Waals surface area (Å²) in [6.45, 7) is 12.5. The predicted octanol–water partition coefficient (Wildman–Crippen LogP) is 10.3. The van der Waals surface area contributed by atoms with Crippen molar-refractivity contribution in [3.8, 4) is 22.5 Å². The van der Waals surface area contributed by atoms with E-state index >= 15 is 0 Å². The SMILES string of the molecule is [2H]C(C)(C)c1ccnc(-c2[c-]ccc3c2oc2ccccc23)c1.[2H]C([2H])([2H])c1c[c-]c(-c2cc(CC(C)C)c([Si](C)(C)C)cn2)c(F)c1.[Ir]. The van der Waals surface area contributed by atoms with Crippen LogP contribution in [0.3, 0.4) is 0 Å². The number of para-hydroxylation sites is 1. The summed E-state index contributed by atoms with van der Waals surface area (Å²) >= 11 is 0. The number of nitrogens with zero attached hydrogens (tertiary/aromatic N) is 2. The predicted molar refractivity (Wildman–Crippen MR) is 185 cm³/mol. The number of furan rings is 1. The van der Waals surface area contributed by atoms with Crippen LogP contribution in [0.25, 0.3) is 44.5 Å². The Morgan fingerprint density at radius 3 is 2.38 bits per heavy atom. The van der Waals surface area contributed by atoms with Crippen LogP contribution in [-0.2, 0) is 26.5 Å². The number of rotatable bonds is 6. The van der Waals surface area contributed by atoms with E-state index in [2.05, 4.69) is 61.7 Å². The zero-order valence-corrected chi connectivity index (χ0v) is 30.2. The summed E-state index contributed by atoms with van der Waals surface area (Å²) in [7, 11) is -1.56. The van der Waals surface area contributed by atoms with Crippen molar-refractivity contribution in [1.29, 1.82) is 0 Å². The molecule has 0 N–H and O–H groups in total. The topological polar surface area (TPSA) is 38.9 Å². The molecule has 0 aliphatic rings. The minimum atomic E-state index is -2.34. The molecule has 0 fully saturated rings. The average molecular weight is 797 g/mol. The third kappa shape index (κ3) is 7.86. The molecule has 1 radical (unpaired) electrons. The summed E-state index contributed by atoms with van der Waals surface area (Å²) in [6, 6.07) is 26.1. The summed E-state index contributed by atoms with van der Waals surface area (Å²) in [6.07, 6.45) is 4.52. The van der Waals surface area contributed by atoms with Gasteiger partial charge in [0.1, 0.15) is 5.58 Å². The first kappa shape index (κ1) is 29.0. The van der Waals surface area contributed by atoms with E-state index in [9.17, 15) is 4.39 Å². The van der Waals surface area contributed by atoms with Gasteiger partial charge in [0.2, 0.25) is 0 Å². The Morgan fingerprint density at radius 2 is 1.69 bits per heavy atom. The first-order valence-electron chi connectivity index (χ1n) is 16.9. The minimum Gasteiger partial charge on any atom is -0.501 e. The quantitative estimate of drug-likeness (QED) is 0.125. The van der Waals surface area contributed by atoms with Gasteiger partial charge >= 0.3 is 0 Å². The molecule has 6 heteroatoms. The second kappa shape index (κ2) is 14.3. The Labute approximate surface area is 287 Å². The van der Waals surface area contributed by atoms with Crippen LogP contribution in [0, 0.1) is 30.7 Å². The van der Waals surface area contributed by atoms with Gasteiger partial charge in [-0.25, -0.2) is 0 Å². The Hall–Kier alpha value is -3.44. The molecule has 3 nitrogen and oxygen atoms in total. The van der Waals surface area contributed by atoms with Gasteiger partial charge in [0, 0.05) is 49.2 Å². The number of hydrogen-bond donors (Lipinski definition) is 0. The summed E-state index contributed by atoms with van der Waals surface area (Å²) in [5, 5.41) is 3.44. The fourth-order valence-electron chi connectivity index (χ4n) is 5.34. The molecule has 0 aliphatic heterocycles. The molecular weight excluding hydrogens is 752 g/mol. The van der Waals surface area contributed by atoms with E-state index in [1.165, 1.54) is 16.8 Å². The van der Waals surface area contributed by atoms with Gasteiger partial charge in [0.25, 0.3) is 0 Å². The van der Waals surface area contributed by atoms with Crippen molar-refractivity contribution in [1.82, 2.24) is 9.97 Å². The second-order valence-corrected chi connectivity index (χ2v) is 17.8. The molecule has 3 aromatic heterocycles. The molecule has 0 spiro atoms. The Bertz CT molecular complexity index is 2080. The van der Waals surface area contributed by atoms with Gasteiger partial charge in [0.15, 0.2) is 0 Å².